The van der Waals surface area contributed by atoms with Crippen LogP contribution in [0.4, 0.5) is 11.4 Å². The molecule has 1 aliphatic rings. The summed E-state index contributed by atoms with van der Waals surface area (Å²) in [6, 6.07) is 14.4. The molecule has 0 spiro atoms. The van der Waals surface area contributed by atoms with Gasteiger partial charge in [-0.15, -0.1) is 11.3 Å². The van der Waals surface area contributed by atoms with Gasteiger partial charge >= 0.3 is 0 Å². The SMILES string of the molecule is Cc1ccc(NC=C2C(=O)c3sccc3N(Cc3ccc(Cl)cc3)S2(=O)=O)c(C)c1. The van der Waals surface area contributed by atoms with Gasteiger partial charge in [-0.3, -0.25) is 9.10 Å². The summed E-state index contributed by atoms with van der Waals surface area (Å²) in [5.41, 5.74) is 3.99. The van der Waals surface area contributed by atoms with E-state index in [2.05, 4.69) is 5.32 Å². The molecule has 3 aromatic rings. The molecule has 0 unspecified atom stereocenters. The molecule has 0 bridgehead atoms. The quantitative estimate of drug-likeness (QED) is 0.524. The number of thiophene rings is 1. The Morgan fingerprint density at radius 1 is 1.10 bits per heavy atom. The summed E-state index contributed by atoms with van der Waals surface area (Å²) in [5.74, 6) is -0.496. The predicted octanol–water partition coefficient (Wildman–Crippen LogP) is 5.50. The number of rotatable bonds is 4. The molecule has 1 aromatic heterocycles. The van der Waals surface area contributed by atoms with Crippen molar-refractivity contribution >= 4 is 50.1 Å². The van der Waals surface area contributed by atoms with Gasteiger partial charge in [-0.25, -0.2) is 8.42 Å². The fourth-order valence-corrected chi connectivity index (χ4v) is 5.94. The number of hydrogen-bond donors (Lipinski definition) is 1. The molecular weight excluding hydrogens is 440 g/mol. The first-order valence-electron chi connectivity index (χ1n) is 9.21. The molecule has 30 heavy (non-hydrogen) atoms. The van der Waals surface area contributed by atoms with E-state index in [1.807, 2.05) is 32.0 Å². The molecule has 0 radical (unpaired) electrons. The van der Waals surface area contributed by atoms with E-state index >= 15 is 0 Å². The van der Waals surface area contributed by atoms with Crippen LogP contribution in [0.25, 0.3) is 0 Å². The molecule has 4 rings (SSSR count). The molecule has 0 fully saturated rings. The average molecular weight is 459 g/mol. The van der Waals surface area contributed by atoms with Crippen LogP contribution in [0.5, 0.6) is 0 Å². The second kappa shape index (κ2) is 7.91. The largest absolute Gasteiger partial charge is 0.360 e. The first kappa shape index (κ1) is 20.7. The lowest BCUT2D eigenvalue weighted by Crippen LogP contribution is -2.38. The van der Waals surface area contributed by atoms with E-state index in [0.717, 1.165) is 22.4 Å². The van der Waals surface area contributed by atoms with Crippen molar-refractivity contribution in [2.24, 2.45) is 0 Å². The third-order valence-corrected chi connectivity index (χ3v) is 7.81. The van der Waals surface area contributed by atoms with Crippen molar-refractivity contribution in [1.82, 2.24) is 0 Å². The fourth-order valence-electron chi connectivity index (χ4n) is 3.33. The standard InChI is InChI=1S/C22H19ClN2O3S2/c1-14-3-8-18(15(2)11-14)24-12-20-21(26)22-19(9-10-29-22)25(30(20,27)28)13-16-4-6-17(23)7-5-16/h3-12,24H,13H2,1-2H3. The number of aryl methyl sites for hydroxylation is 2. The van der Waals surface area contributed by atoms with Gasteiger partial charge in [-0.1, -0.05) is 41.4 Å². The highest BCUT2D eigenvalue weighted by molar-refractivity contribution is 7.97. The molecule has 154 valence electrons. The number of nitrogens with zero attached hydrogens (tertiary/aromatic N) is 1. The van der Waals surface area contributed by atoms with Crippen LogP contribution in [0.2, 0.25) is 5.02 Å². The Morgan fingerprint density at radius 2 is 1.83 bits per heavy atom. The van der Waals surface area contributed by atoms with Gasteiger partial charge in [-0.05, 0) is 54.6 Å². The maximum atomic E-state index is 13.4. The summed E-state index contributed by atoms with van der Waals surface area (Å²) in [7, 11) is -4.04. The van der Waals surface area contributed by atoms with E-state index in [1.54, 1.807) is 35.7 Å². The highest BCUT2D eigenvalue weighted by Crippen LogP contribution is 2.39. The first-order valence-corrected chi connectivity index (χ1v) is 11.9. The lowest BCUT2D eigenvalue weighted by Gasteiger charge is -2.29. The van der Waals surface area contributed by atoms with Gasteiger partial charge in [0.1, 0.15) is 4.88 Å². The molecule has 0 saturated carbocycles. The average Bonchev–Trinajstić information content (AvgIpc) is 3.17. The van der Waals surface area contributed by atoms with E-state index in [4.69, 9.17) is 11.6 Å². The lowest BCUT2D eigenvalue weighted by atomic mass is 10.1. The monoisotopic (exact) mass is 458 g/mol. The van der Waals surface area contributed by atoms with Crippen LogP contribution in [0, 0.1) is 13.8 Å². The second-order valence-electron chi connectivity index (χ2n) is 7.07. The van der Waals surface area contributed by atoms with Crippen molar-refractivity contribution in [3.63, 3.8) is 0 Å². The van der Waals surface area contributed by atoms with Gasteiger partial charge in [-0.2, -0.15) is 0 Å². The van der Waals surface area contributed by atoms with Crippen molar-refractivity contribution in [2.75, 3.05) is 9.62 Å². The molecule has 1 N–H and O–H groups in total. The Balaban J connectivity index is 1.74. The molecule has 5 nitrogen and oxygen atoms in total. The van der Waals surface area contributed by atoms with Gasteiger partial charge < -0.3 is 5.32 Å². The number of halogens is 1. The summed E-state index contributed by atoms with van der Waals surface area (Å²) in [4.78, 5) is 13.1. The van der Waals surface area contributed by atoms with Crippen LogP contribution in [-0.4, -0.2) is 14.2 Å². The number of nitrogens with one attached hydrogen (secondary N) is 1. The summed E-state index contributed by atoms with van der Waals surface area (Å²) < 4.78 is 28.1. The zero-order valence-corrected chi connectivity index (χ0v) is 18.7. The Morgan fingerprint density at radius 3 is 2.53 bits per heavy atom. The summed E-state index contributed by atoms with van der Waals surface area (Å²) in [6.07, 6.45) is 1.30. The minimum Gasteiger partial charge on any atom is -0.360 e. The summed E-state index contributed by atoms with van der Waals surface area (Å²) in [5, 5.41) is 5.31. The van der Waals surface area contributed by atoms with Gasteiger partial charge in [0.05, 0.1) is 12.2 Å². The van der Waals surface area contributed by atoms with Crippen molar-refractivity contribution < 1.29 is 13.2 Å². The fraction of sp³-hybridized carbons (Fsp3) is 0.136. The van der Waals surface area contributed by atoms with Crippen LogP contribution >= 0.6 is 22.9 Å². The van der Waals surface area contributed by atoms with E-state index in [0.29, 0.717) is 15.6 Å². The van der Waals surface area contributed by atoms with Crippen LogP contribution in [0.1, 0.15) is 26.4 Å². The van der Waals surface area contributed by atoms with Gasteiger partial charge in [0.15, 0.2) is 4.91 Å². The molecule has 0 aliphatic carbocycles. The molecule has 2 aromatic carbocycles. The number of sulfonamides is 1. The van der Waals surface area contributed by atoms with Gasteiger partial charge in [0.2, 0.25) is 5.78 Å². The molecule has 0 amide bonds. The Kier molecular flexibility index (Phi) is 5.44. The number of fused-ring (bicyclic) bond motifs is 1. The van der Waals surface area contributed by atoms with Crippen LogP contribution in [0.3, 0.4) is 0 Å². The number of carbonyl (C=O) groups excluding carboxylic acids is 1. The summed E-state index contributed by atoms with van der Waals surface area (Å²) >= 11 is 7.18. The summed E-state index contributed by atoms with van der Waals surface area (Å²) in [6.45, 7) is 4.02. The Bertz CT molecular complexity index is 1260. The zero-order chi connectivity index (χ0) is 21.5. The number of Topliss-reactive ketones (excluding diaryl/α,β-unsaturated/α-hetero) is 1. The normalized spacial score (nSPS) is 16.6. The minimum atomic E-state index is -4.04. The molecular formula is C22H19ClN2O3S2. The highest BCUT2D eigenvalue weighted by atomic mass is 35.5. The molecule has 8 heteroatoms. The predicted molar refractivity (Wildman–Crippen MR) is 123 cm³/mol. The number of anilines is 2. The number of ketones is 1. The van der Waals surface area contributed by atoms with Crippen molar-refractivity contribution in [2.45, 2.75) is 20.4 Å². The first-order chi connectivity index (χ1) is 14.3. The maximum absolute atomic E-state index is 13.4. The molecule has 0 saturated heterocycles. The third kappa shape index (κ3) is 3.76. The van der Waals surface area contributed by atoms with E-state index in [-0.39, 0.29) is 11.4 Å². The van der Waals surface area contributed by atoms with E-state index in [1.165, 1.54) is 21.8 Å². The van der Waals surface area contributed by atoms with Crippen molar-refractivity contribution in [3.05, 3.63) is 91.6 Å². The third-order valence-electron chi connectivity index (χ3n) is 4.89. The van der Waals surface area contributed by atoms with Crippen LogP contribution in [0.15, 0.2) is 65.0 Å². The number of allylic oxidation sites excluding steroid dienone is 1. The minimum absolute atomic E-state index is 0.109. The van der Waals surface area contributed by atoms with Crippen LogP contribution < -0.4 is 9.62 Å². The number of carbonyl (C=O) groups is 1. The van der Waals surface area contributed by atoms with Crippen LogP contribution in [-0.2, 0) is 16.6 Å². The van der Waals surface area contributed by atoms with Gasteiger partial charge in [0.25, 0.3) is 10.0 Å². The number of hydrogen-bond acceptors (Lipinski definition) is 5. The number of benzene rings is 2. The molecule has 1 aliphatic heterocycles. The van der Waals surface area contributed by atoms with Crippen molar-refractivity contribution in [1.29, 1.82) is 0 Å². The zero-order valence-electron chi connectivity index (χ0n) is 16.3. The molecule has 0 atom stereocenters. The maximum Gasteiger partial charge on any atom is 0.270 e. The second-order valence-corrected chi connectivity index (χ2v) is 10.3. The van der Waals surface area contributed by atoms with E-state index in [9.17, 15) is 13.2 Å². The van der Waals surface area contributed by atoms with Gasteiger partial charge in [0, 0.05) is 16.9 Å². The van der Waals surface area contributed by atoms with E-state index < -0.39 is 15.8 Å². The lowest BCUT2D eigenvalue weighted by molar-refractivity contribution is 0.104. The topological polar surface area (TPSA) is 66.5 Å². The Hall–Kier alpha value is -2.61. The highest BCUT2D eigenvalue weighted by Gasteiger charge is 2.41. The Labute approximate surface area is 184 Å². The molecule has 2 heterocycles. The smallest absolute Gasteiger partial charge is 0.270 e. The van der Waals surface area contributed by atoms with Crippen molar-refractivity contribution in [3.8, 4) is 0 Å².